The Morgan fingerprint density at radius 3 is 2.28 bits per heavy atom. The molecule has 10 heteroatoms. The lowest BCUT2D eigenvalue weighted by molar-refractivity contribution is -0.120. The minimum Gasteiger partial charge on any atom is -0.494 e. The Bertz CT molecular complexity index is 1170. The highest BCUT2D eigenvalue weighted by Crippen LogP contribution is 2.31. The summed E-state index contributed by atoms with van der Waals surface area (Å²) in [4.78, 5) is 21.4. The van der Waals surface area contributed by atoms with Crippen molar-refractivity contribution in [2.75, 3.05) is 51.6 Å². The Kier molecular flexibility index (Phi) is 7.70. The zero-order chi connectivity index (χ0) is 23.3. The van der Waals surface area contributed by atoms with Gasteiger partial charge in [-0.25, -0.2) is 13.4 Å². The molecule has 0 aliphatic heterocycles. The molecule has 0 bridgehead atoms. The summed E-state index contributed by atoms with van der Waals surface area (Å²) in [6.45, 7) is 3.41. The fourth-order valence-electron chi connectivity index (χ4n) is 2.89. The van der Waals surface area contributed by atoms with Gasteiger partial charge < -0.3 is 14.4 Å². The average Bonchev–Trinajstić information content (AvgIpc) is 3.15. The van der Waals surface area contributed by atoms with Crippen LogP contribution in [0.15, 0.2) is 47.4 Å². The number of hydrogen-bond donors (Lipinski definition) is 0. The van der Waals surface area contributed by atoms with E-state index in [0.29, 0.717) is 40.8 Å². The zero-order valence-electron chi connectivity index (χ0n) is 18.6. The summed E-state index contributed by atoms with van der Waals surface area (Å²) in [6, 6.07) is 11.9. The van der Waals surface area contributed by atoms with Gasteiger partial charge in [-0.15, -0.1) is 0 Å². The van der Waals surface area contributed by atoms with Crippen molar-refractivity contribution in [3.63, 3.8) is 0 Å². The van der Waals surface area contributed by atoms with Crippen molar-refractivity contribution in [3.05, 3.63) is 42.5 Å². The number of sulfone groups is 1. The molecule has 0 aliphatic carbocycles. The van der Waals surface area contributed by atoms with Crippen LogP contribution < -0.4 is 14.4 Å². The maximum atomic E-state index is 13.0. The summed E-state index contributed by atoms with van der Waals surface area (Å²) in [5.41, 5.74) is 0.646. The Labute approximate surface area is 192 Å². The van der Waals surface area contributed by atoms with Crippen molar-refractivity contribution in [3.8, 4) is 11.5 Å². The van der Waals surface area contributed by atoms with E-state index in [2.05, 4.69) is 4.98 Å². The van der Waals surface area contributed by atoms with Crippen LogP contribution in [0.2, 0.25) is 0 Å². The van der Waals surface area contributed by atoms with E-state index in [1.165, 1.54) is 23.7 Å². The largest absolute Gasteiger partial charge is 0.494 e. The fourth-order valence-corrected chi connectivity index (χ4v) is 4.66. The van der Waals surface area contributed by atoms with Gasteiger partial charge in [0.2, 0.25) is 0 Å². The third-order valence-electron chi connectivity index (χ3n) is 4.58. The molecule has 2 aromatic carbocycles. The Morgan fingerprint density at radius 1 is 1.03 bits per heavy atom. The van der Waals surface area contributed by atoms with Gasteiger partial charge in [0, 0.05) is 19.3 Å². The Hall–Kier alpha value is -2.69. The number of hydrogen-bond acceptors (Lipinski definition) is 8. The van der Waals surface area contributed by atoms with E-state index < -0.39 is 9.84 Å². The van der Waals surface area contributed by atoms with Crippen LogP contribution in [0.5, 0.6) is 11.5 Å². The SMILES string of the molecule is CCOc1ccc(OCC(=O)N(CCN(C)C)c2nc3ccc(S(C)(=O)=O)cc3s2)cc1. The van der Waals surface area contributed by atoms with Crippen LogP contribution in [0.4, 0.5) is 5.13 Å². The molecule has 8 nitrogen and oxygen atoms in total. The zero-order valence-corrected chi connectivity index (χ0v) is 20.2. The topological polar surface area (TPSA) is 89.0 Å². The number of anilines is 1. The van der Waals surface area contributed by atoms with Crippen LogP contribution in [0.3, 0.4) is 0 Å². The highest BCUT2D eigenvalue weighted by molar-refractivity contribution is 7.90. The molecule has 0 saturated carbocycles. The van der Waals surface area contributed by atoms with Crippen LogP contribution in [-0.4, -0.2) is 70.9 Å². The molecule has 32 heavy (non-hydrogen) atoms. The molecule has 1 amide bonds. The summed E-state index contributed by atoms with van der Waals surface area (Å²) in [5, 5.41) is 0.507. The number of carbonyl (C=O) groups is 1. The van der Waals surface area contributed by atoms with Crippen molar-refractivity contribution in [1.29, 1.82) is 0 Å². The number of rotatable bonds is 10. The standard InChI is InChI=1S/C22H27N3O5S2/c1-5-29-16-6-8-17(9-7-16)30-15-21(26)25(13-12-24(2)3)22-23-19-11-10-18(32(4,27)28)14-20(19)31-22/h6-11,14H,5,12-13,15H2,1-4H3. The lowest BCUT2D eigenvalue weighted by Gasteiger charge is -2.22. The molecule has 3 rings (SSSR count). The predicted molar refractivity (Wildman–Crippen MR) is 127 cm³/mol. The third-order valence-corrected chi connectivity index (χ3v) is 6.73. The van der Waals surface area contributed by atoms with Crippen molar-refractivity contribution in [2.45, 2.75) is 11.8 Å². The molecule has 0 saturated heterocycles. The van der Waals surface area contributed by atoms with E-state index in [0.717, 1.165) is 5.75 Å². The normalized spacial score (nSPS) is 11.7. The Morgan fingerprint density at radius 2 is 1.69 bits per heavy atom. The van der Waals surface area contributed by atoms with Crippen LogP contribution in [0.1, 0.15) is 6.92 Å². The van der Waals surface area contributed by atoms with Crippen molar-refractivity contribution in [1.82, 2.24) is 9.88 Å². The van der Waals surface area contributed by atoms with E-state index in [9.17, 15) is 13.2 Å². The van der Waals surface area contributed by atoms with E-state index >= 15 is 0 Å². The fraction of sp³-hybridized carbons (Fsp3) is 0.364. The number of likely N-dealkylation sites (N-methyl/N-ethyl adjacent to an activating group) is 1. The molecule has 0 aliphatic rings. The van der Waals surface area contributed by atoms with Crippen LogP contribution in [-0.2, 0) is 14.6 Å². The highest BCUT2D eigenvalue weighted by atomic mass is 32.2. The van der Waals surface area contributed by atoms with Crippen LogP contribution >= 0.6 is 11.3 Å². The molecule has 0 atom stereocenters. The quantitative estimate of drug-likeness (QED) is 0.443. The number of carbonyl (C=O) groups excluding carboxylic acids is 1. The number of benzene rings is 2. The van der Waals surface area contributed by atoms with E-state index in [1.54, 1.807) is 41.3 Å². The second-order valence-electron chi connectivity index (χ2n) is 7.44. The Balaban J connectivity index is 1.79. The summed E-state index contributed by atoms with van der Waals surface area (Å²) in [5.74, 6) is 1.07. The van der Waals surface area contributed by atoms with Crippen molar-refractivity contribution >= 4 is 42.4 Å². The molecule has 0 N–H and O–H groups in total. The number of fused-ring (bicyclic) bond motifs is 1. The monoisotopic (exact) mass is 477 g/mol. The molecule has 0 spiro atoms. The first-order valence-electron chi connectivity index (χ1n) is 10.1. The maximum absolute atomic E-state index is 13.0. The lowest BCUT2D eigenvalue weighted by Crippen LogP contribution is -2.39. The highest BCUT2D eigenvalue weighted by Gasteiger charge is 2.21. The predicted octanol–water partition coefficient (Wildman–Crippen LogP) is 3.07. The van der Waals surface area contributed by atoms with E-state index in [-0.39, 0.29) is 17.4 Å². The van der Waals surface area contributed by atoms with E-state index in [4.69, 9.17) is 9.47 Å². The van der Waals surface area contributed by atoms with Gasteiger partial charge in [-0.05, 0) is 63.5 Å². The van der Waals surface area contributed by atoms with Gasteiger partial charge in [0.15, 0.2) is 21.6 Å². The van der Waals surface area contributed by atoms with Gasteiger partial charge >= 0.3 is 0 Å². The smallest absolute Gasteiger partial charge is 0.266 e. The molecular weight excluding hydrogens is 450 g/mol. The molecule has 0 fully saturated rings. The molecular formula is C22H27N3O5S2. The van der Waals surface area contributed by atoms with Crippen LogP contribution in [0.25, 0.3) is 10.2 Å². The van der Waals surface area contributed by atoms with Gasteiger partial charge in [-0.3, -0.25) is 9.69 Å². The second-order valence-corrected chi connectivity index (χ2v) is 10.5. The van der Waals surface area contributed by atoms with Gasteiger partial charge in [-0.1, -0.05) is 11.3 Å². The molecule has 0 radical (unpaired) electrons. The van der Waals surface area contributed by atoms with Gasteiger partial charge in [0.25, 0.3) is 5.91 Å². The minimum atomic E-state index is -3.33. The third kappa shape index (κ3) is 6.18. The summed E-state index contributed by atoms with van der Waals surface area (Å²) < 4.78 is 35.5. The first kappa shape index (κ1) is 24.0. The summed E-state index contributed by atoms with van der Waals surface area (Å²) >= 11 is 1.28. The number of aromatic nitrogens is 1. The number of thiazole rings is 1. The van der Waals surface area contributed by atoms with Gasteiger partial charge in [0.1, 0.15) is 11.5 Å². The number of amides is 1. The first-order chi connectivity index (χ1) is 15.2. The molecule has 0 unspecified atom stereocenters. The number of ether oxygens (including phenoxy) is 2. The molecule has 172 valence electrons. The lowest BCUT2D eigenvalue weighted by atomic mass is 10.3. The molecule has 3 aromatic rings. The summed E-state index contributed by atoms with van der Waals surface area (Å²) in [6.07, 6.45) is 1.17. The van der Waals surface area contributed by atoms with Gasteiger partial charge in [-0.2, -0.15) is 0 Å². The first-order valence-corrected chi connectivity index (χ1v) is 12.8. The number of nitrogens with zero attached hydrogens (tertiary/aromatic N) is 3. The maximum Gasteiger partial charge on any atom is 0.266 e. The second kappa shape index (κ2) is 10.3. The summed E-state index contributed by atoms with van der Waals surface area (Å²) in [7, 11) is 0.526. The van der Waals surface area contributed by atoms with Crippen LogP contribution in [0, 0.1) is 0 Å². The molecule has 1 heterocycles. The average molecular weight is 478 g/mol. The molecule has 1 aromatic heterocycles. The van der Waals surface area contributed by atoms with Gasteiger partial charge in [0.05, 0.1) is 21.7 Å². The van der Waals surface area contributed by atoms with Crippen molar-refractivity contribution in [2.24, 2.45) is 0 Å². The van der Waals surface area contributed by atoms with E-state index in [1.807, 2.05) is 25.9 Å². The minimum absolute atomic E-state index is 0.147. The van der Waals surface area contributed by atoms with Crippen molar-refractivity contribution < 1.29 is 22.7 Å².